The summed E-state index contributed by atoms with van der Waals surface area (Å²) in [6, 6.07) is 0. The Labute approximate surface area is 179 Å². The summed E-state index contributed by atoms with van der Waals surface area (Å²) >= 11 is 0. The second-order valence-corrected chi connectivity index (χ2v) is 12.6. The molecule has 6 unspecified atom stereocenters. The minimum Gasteiger partial charge on any atom is -0.390 e. The van der Waals surface area contributed by atoms with E-state index < -0.39 is 11.2 Å². The van der Waals surface area contributed by atoms with Crippen LogP contribution in [0.2, 0.25) is 0 Å². The molecule has 0 aromatic heterocycles. The third-order valence-electron chi connectivity index (χ3n) is 10.8. The molecule has 166 valence electrons. The van der Waals surface area contributed by atoms with E-state index in [-0.39, 0.29) is 0 Å². The second-order valence-electron chi connectivity index (χ2n) is 12.6. The van der Waals surface area contributed by atoms with Crippen LogP contribution >= 0.6 is 0 Å². The average molecular weight is 403 g/mol. The molecule has 0 heterocycles. The highest BCUT2D eigenvalue weighted by atomic mass is 16.3. The van der Waals surface area contributed by atoms with Crippen molar-refractivity contribution < 1.29 is 10.2 Å². The van der Waals surface area contributed by atoms with Gasteiger partial charge in [-0.1, -0.05) is 19.9 Å². The summed E-state index contributed by atoms with van der Waals surface area (Å²) in [6.45, 7) is 13.0. The first-order chi connectivity index (χ1) is 13.5. The smallest absolute Gasteiger partial charge is 0.0797 e. The molecule has 0 bridgehead atoms. The average Bonchev–Trinajstić information content (AvgIpc) is 2.99. The maximum Gasteiger partial charge on any atom is 0.0797 e. The van der Waals surface area contributed by atoms with Gasteiger partial charge < -0.3 is 10.2 Å². The van der Waals surface area contributed by atoms with Gasteiger partial charge in [-0.3, -0.25) is 0 Å². The van der Waals surface area contributed by atoms with Crippen molar-refractivity contribution in [1.82, 2.24) is 0 Å². The number of hydrogen-bond acceptors (Lipinski definition) is 2. The fourth-order valence-electron chi connectivity index (χ4n) is 8.82. The molecule has 2 heteroatoms. The summed E-state index contributed by atoms with van der Waals surface area (Å²) < 4.78 is 0. The van der Waals surface area contributed by atoms with Gasteiger partial charge in [-0.05, 0) is 131 Å². The van der Waals surface area contributed by atoms with Crippen molar-refractivity contribution in [2.75, 3.05) is 0 Å². The maximum atomic E-state index is 10.7. The zero-order valence-corrected chi connectivity index (χ0v) is 19.6. The third-order valence-corrected chi connectivity index (χ3v) is 10.8. The maximum absolute atomic E-state index is 10.7. The fourth-order valence-corrected chi connectivity index (χ4v) is 8.82. The molecular formula is C27H46O2. The highest BCUT2D eigenvalue weighted by molar-refractivity contribution is 5.10. The SMILES string of the molecule is C=CC(C)(O)CCCC1CC[C@H]2[C@@H]3CCC4C[C@@](C)(O)CCC4(C)C3CCC12C. The van der Waals surface area contributed by atoms with Gasteiger partial charge in [-0.25, -0.2) is 0 Å². The monoisotopic (exact) mass is 402 g/mol. The van der Waals surface area contributed by atoms with Crippen LogP contribution in [0.3, 0.4) is 0 Å². The van der Waals surface area contributed by atoms with Gasteiger partial charge in [0.15, 0.2) is 0 Å². The summed E-state index contributed by atoms with van der Waals surface area (Å²) in [4.78, 5) is 0. The normalized spacial score (nSPS) is 51.4. The van der Waals surface area contributed by atoms with Crippen molar-refractivity contribution in [3.05, 3.63) is 12.7 Å². The molecule has 0 radical (unpaired) electrons. The van der Waals surface area contributed by atoms with Crippen LogP contribution < -0.4 is 0 Å². The molecule has 4 fully saturated rings. The van der Waals surface area contributed by atoms with Gasteiger partial charge >= 0.3 is 0 Å². The van der Waals surface area contributed by atoms with Crippen LogP contribution in [0.5, 0.6) is 0 Å². The fraction of sp³-hybridized carbons (Fsp3) is 0.926. The van der Waals surface area contributed by atoms with Gasteiger partial charge in [-0.15, -0.1) is 6.58 Å². The molecule has 2 N–H and O–H groups in total. The van der Waals surface area contributed by atoms with E-state index in [1.165, 1.54) is 51.4 Å². The predicted molar refractivity (Wildman–Crippen MR) is 121 cm³/mol. The highest BCUT2D eigenvalue weighted by Gasteiger charge is 2.60. The first-order valence-electron chi connectivity index (χ1n) is 12.6. The lowest BCUT2D eigenvalue weighted by atomic mass is 9.44. The lowest BCUT2D eigenvalue weighted by Gasteiger charge is -2.62. The molecule has 0 aromatic carbocycles. The van der Waals surface area contributed by atoms with Crippen LogP contribution in [0.1, 0.15) is 105 Å². The molecule has 9 atom stereocenters. The minimum atomic E-state index is -0.703. The first kappa shape index (κ1) is 21.9. The molecule has 4 aliphatic carbocycles. The van der Waals surface area contributed by atoms with Gasteiger partial charge in [0, 0.05) is 0 Å². The Kier molecular flexibility index (Phi) is 5.56. The number of rotatable bonds is 5. The van der Waals surface area contributed by atoms with Crippen LogP contribution in [0.15, 0.2) is 12.7 Å². The van der Waals surface area contributed by atoms with Crippen LogP contribution in [0, 0.1) is 40.4 Å². The summed E-state index contributed by atoms with van der Waals surface area (Å²) in [7, 11) is 0. The van der Waals surface area contributed by atoms with Gasteiger partial charge in [0.05, 0.1) is 11.2 Å². The largest absolute Gasteiger partial charge is 0.390 e. The molecule has 0 aromatic rings. The minimum absolute atomic E-state index is 0.425. The predicted octanol–water partition coefficient (Wildman–Crippen LogP) is 6.50. The Morgan fingerprint density at radius 3 is 2.41 bits per heavy atom. The molecule has 0 saturated heterocycles. The van der Waals surface area contributed by atoms with Crippen molar-refractivity contribution in [3.8, 4) is 0 Å². The molecule has 2 nitrogen and oxygen atoms in total. The molecule has 29 heavy (non-hydrogen) atoms. The Morgan fingerprint density at radius 2 is 1.69 bits per heavy atom. The Hall–Kier alpha value is -0.340. The Balaban J connectivity index is 1.45. The van der Waals surface area contributed by atoms with Crippen molar-refractivity contribution in [2.45, 2.75) is 116 Å². The Morgan fingerprint density at radius 1 is 0.966 bits per heavy atom. The topological polar surface area (TPSA) is 40.5 Å². The molecule has 4 rings (SSSR count). The lowest BCUT2D eigenvalue weighted by Crippen LogP contribution is -2.55. The Bertz CT molecular complexity index is 622. The van der Waals surface area contributed by atoms with Crippen LogP contribution in [0.4, 0.5) is 0 Å². The van der Waals surface area contributed by atoms with E-state index in [0.717, 1.165) is 55.3 Å². The van der Waals surface area contributed by atoms with E-state index >= 15 is 0 Å². The van der Waals surface area contributed by atoms with Gasteiger partial charge in [0.1, 0.15) is 0 Å². The van der Waals surface area contributed by atoms with Gasteiger partial charge in [0.25, 0.3) is 0 Å². The standard InChI is InChI=1S/C27H46O2/c1-6-24(2,28)14-7-8-19-10-12-22-21-11-9-20-18-25(3,29)16-17-27(20,5)23(21)13-15-26(19,22)4/h6,19-23,28-29H,1,7-18H2,2-5H3/t19?,20?,21-,22-,23?,24?,25-,26?,27?/m0/s1. The van der Waals surface area contributed by atoms with Crippen molar-refractivity contribution in [2.24, 2.45) is 40.4 Å². The molecular weight excluding hydrogens is 356 g/mol. The van der Waals surface area contributed by atoms with Crippen molar-refractivity contribution in [3.63, 3.8) is 0 Å². The number of aliphatic hydroxyl groups is 2. The lowest BCUT2D eigenvalue weighted by molar-refractivity contribution is -0.146. The van der Waals surface area contributed by atoms with Crippen molar-refractivity contribution in [1.29, 1.82) is 0 Å². The highest BCUT2D eigenvalue weighted by Crippen LogP contribution is 2.68. The number of hydrogen-bond donors (Lipinski definition) is 2. The molecule has 4 aliphatic rings. The van der Waals surface area contributed by atoms with E-state index in [4.69, 9.17) is 0 Å². The van der Waals surface area contributed by atoms with Gasteiger partial charge in [0.2, 0.25) is 0 Å². The van der Waals surface area contributed by atoms with Crippen molar-refractivity contribution >= 4 is 0 Å². The van der Waals surface area contributed by atoms with E-state index in [2.05, 4.69) is 27.4 Å². The van der Waals surface area contributed by atoms with E-state index in [0.29, 0.717) is 10.8 Å². The molecule has 0 aliphatic heterocycles. The van der Waals surface area contributed by atoms with Crippen LogP contribution in [-0.4, -0.2) is 21.4 Å². The summed E-state index contributed by atoms with van der Waals surface area (Å²) in [5.41, 5.74) is -0.144. The van der Waals surface area contributed by atoms with E-state index in [1.807, 2.05) is 6.92 Å². The summed E-state index contributed by atoms with van der Waals surface area (Å²) in [5, 5.41) is 21.0. The van der Waals surface area contributed by atoms with E-state index in [9.17, 15) is 10.2 Å². The number of fused-ring (bicyclic) bond motifs is 5. The first-order valence-corrected chi connectivity index (χ1v) is 12.6. The molecule has 4 saturated carbocycles. The zero-order valence-electron chi connectivity index (χ0n) is 19.6. The third kappa shape index (κ3) is 3.75. The van der Waals surface area contributed by atoms with E-state index in [1.54, 1.807) is 6.08 Å². The van der Waals surface area contributed by atoms with Crippen LogP contribution in [-0.2, 0) is 0 Å². The second kappa shape index (κ2) is 7.37. The zero-order chi connectivity index (χ0) is 21.1. The molecule has 0 amide bonds. The summed E-state index contributed by atoms with van der Waals surface area (Å²) in [5.74, 6) is 4.28. The molecule has 0 spiro atoms. The van der Waals surface area contributed by atoms with Gasteiger partial charge in [-0.2, -0.15) is 0 Å². The quantitative estimate of drug-likeness (QED) is 0.515. The van der Waals surface area contributed by atoms with Crippen LogP contribution in [0.25, 0.3) is 0 Å². The summed E-state index contributed by atoms with van der Waals surface area (Å²) in [6.07, 6.45) is 16.6.